The fourth-order valence-electron chi connectivity index (χ4n) is 2.21. The van der Waals surface area contributed by atoms with Crippen LogP contribution in [0, 0.1) is 0 Å². The van der Waals surface area contributed by atoms with Crippen LogP contribution in [0.2, 0.25) is 0 Å². The summed E-state index contributed by atoms with van der Waals surface area (Å²) in [6.07, 6.45) is 1.73. The molecule has 0 unspecified atom stereocenters. The van der Waals surface area contributed by atoms with Gasteiger partial charge in [-0.1, -0.05) is 40.2 Å². The van der Waals surface area contributed by atoms with Crippen LogP contribution >= 0.6 is 27.7 Å². The highest BCUT2D eigenvalue weighted by molar-refractivity contribution is 9.10. The standard InChI is InChI=1S/C19H15BrN2O3S/c1-12(23)21-19-22-18(24)17(26-19)10-14-3-2-4-16(9-14)25-11-13-5-7-15(20)8-6-13/h2-10H,11H2,1H3,(H,21,22,23,24). The van der Waals surface area contributed by atoms with Crippen molar-refractivity contribution in [2.45, 2.75) is 13.5 Å². The largest absolute Gasteiger partial charge is 0.489 e. The van der Waals surface area contributed by atoms with E-state index in [2.05, 4.69) is 26.2 Å². The van der Waals surface area contributed by atoms with Crippen molar-refractivity contribution >= 4 is 50.7 Å². The Labute approximate surface area is 163 Å². The molecule has 2 amide bonds. The number of thioether (sulfide) groups is 1. The van der Waals surface area contributed by atoms with Crippen LogP contribution in [-0.4, -0.2) is 17.0 Å². The summed E-state index contributed by atoms with van der Waals surface area (Å²) in [7, 11) is 0. The molecule has 2 aromatic rings. The molecule has 0 radical (unpaired) electrons. The quantitative estimate of drug-likeness (QED) is 0.740. The minimum atomic E-state index is -0.361. The Hall–Kier alpha value is -2.38. The molecule has 7 heteroatoms. The van der Waals surface area contributed by atoms with Gasteiger partial charge in [0.25, 0.3) is 5.91 Å². The normalized spacial score (nSPS) is 15.1. The van der Waals surface area contributed by atoms with Crippen LogP contribution < -0.4 is 10.1 Å². The summed E-state index contributed by atoms with van der Waals surface area (Å²) in [5.41, 5.74) is 1.89. The fourth-order valence-corrected chi connectivity index (χ4v) is 3.33. The van der Waals surface area contributed by atoms with Gasteiger partial charge in [0, 0.05) is 11.4 Å². The van der Waals surface area contributed by atoms with Gasteiger partial charge in [0.2, 0.25) is 5.91 Å². The number of amidine groups is 1. The van der Waals surface area contributed by atoms with Gasteiger partial charge in [-0.3, -0.25) is 9.59 Å². The van der Waals surface area contributed by atoms with Gasteiger partial charge < -0.3 is 10.1 Å². The Morgan fingerprint density at radius 1 is 1.27 bits per heavy atom. The maximum Gasteiger partial charge on any atom is 0.286 e. The number of halogens is 1. The van der Waals surface area contributed by atoms with E-state index in [0.29, 0.717) is 22.4 Å². The van der Waals surface area contributed by atoms with Crippen molar-refractivity contribution in [3.05, 3.63) is 69.0 Å². The van der Waals surface area contributed by atoms with Crippen molar-refractivity contribution in [1.82, 2.24) is 5.32 Å². The summed E-state index contributed by atoms with van der Waals surface area (Å²) < 4.78 is 6.84. The number of nitrogens with one attached hydrogen (secondary N) is 1. The first kappa shape index (κ1) is 18.4. The first-order chi connectivity index (χ1) is 12.5. The van der Waals surface area contributed by atoms with Gasteiger partial charge in [-0.15, -0.1) is 0 Å². The van der Waals surface area contributed by atoms with Crippen LogP contribution in [-0.2, 0) is 16.2 Å². The Bertz CT molecular complexity index is 907. The smallest absolute Gasteiger partial charge is 0.286 e. The number of ether oxygens (including phenoxy) is 1. The third-order valence-corrected chi connectivity index (χ3v) is 4.81. The second-order valence-corrected chi connectivity index (χ2v) is 7.45. The Kier molecular flexibility index (Phi) is 5.90. The molecule has 0 atom stereocenters. The van der Waals surface area contributed by atoms with E-state index in [1.807, 2.05) is 48.5 Å². The van der Waals surface area contributed by atoms with Crippen molar-refractivity contribution in [1.29, 1.82) is 0 Å². The number of carbonyl (C=O) groups is 2. The van der Waals surface area contributed by atoms with E-state index >= 15 is 0 Å². The molecule has 0 bridgehead atoms. The highest BCUT2D eigenvalue weighted by Crippen LogP contribution is 2.28. The van der Waals surface area contributed by atoms with Crippen molar-refractivity contribution in [2.75, 3.05) is 0 Å². The zero-order valence-electron chi connectivity index (χ0n) is 13.9. The summed E-state index contributed by atoms with van der Waals surface area (Å²) in [4.78, 5) is 27.3. The highest BCUT2D eigenvalue weighted by Gasteiger charge is 2.22. The Morgan fingerprint density at radius 3 is 2.77 bits per heavy atom. The summed E-state index contributed by atoms with van der Waals surface area (Å²) in [5, 5.41) is 2.83. The molecule has 0 saturated carbocycles. The molecular formula is C19H15BrN2O3S. The molecule has 0 spiro atoms. The molecule has 3 rings (SSSR count). The molecule has 1 N–H and O–H groups in total. The number of aliphatic imine (C=N–C) groups is 1. The predicted molar refractivity (Wildman–Crippen MR) is 107 cm³/mol. The molecule has 0 aliphatic carbocycles. The van der Waals surface area contributed by atoms with E-state index in [1.165, 1.54) is 6.92 Å². The lowest BCUT2D eigenvalue weighted by atomic mass is 10.2. The van der Waals surface area contributed by atoms with Crippen LogP contribution in [0.1, 0.15) is 18.1 Å². The van der Waals surface area contributed by atoms with E-state index in [0.717, 1.165) is 27.4 Å². The third-order valence-electron chi connectivity index (χ3n) is 3.38. The van der Waals surface area contributed by atoms with Crippen LogP contribution in [0.5, 0.6) is 5.75 Å². The lowest BCUT2D eigenvalue weighted by Crippen LogP contribution is -2.23. The van der Waals surface area contributed by atoms with Crippen LogP contribution in [0.25, 0.3) is 6.08 Å². The Balaban J connectivity index is 1.67. The van der Waals surface area contributed by atoms with Gasteiger partial charge in [-0.2, -0.15) is 4.99 Å². The van der Waals surface area contributed by atoms with Crippen LogP contribution in [0.4, 0.5) is 0 Å². The molecule has 0 fully saturated rings. The second kappa shape index (κ2) is 8.33. The zero-order valence-corrected chi connectivity index (χ0v) is 16.3. The van der Waals surface area contributed by atoms with Crippen LogP contribution in [0.15, 0.2) is 62.9 Å². The fraction of sp³-hybridized carbons (Fsp3) is 0.105. The average molecular weight is 431 g/mol. The first-order valence-electron chi connectivity index (χ1n) is 7.77. The van der Waals surface area contributed by atoms with E-state index < -0.39 is 0 Å². The number of rotatable bonds is 4. The first-order valence-corrected chi connectivity index (χ1v) is 9.38. The number of benzene rings is 2. The number of hydrogen-bond acceptors (Lipinski definition) is 4. The topological polar surface area (TPSA) is 67.8 Å². The second-order valence-electron chi connectivity index (χ2n) is 5.50. The summed E-state index contributed by atoms with van der Waals surface area (Å²) in [6.45, 7) is 1.83. The SMILES string of the molecule is CC(=O)NC1=NC(=O)C(=Cc2cccc(OCc3ccc(Br)cc3)c2)S1. The lowest BCUT2D eigenvalue weighted by Gasteiger charge is -2.07. The van der Waals surface area contributed by atoms with Gasteiger partial charge in [0.05, 0.1) is 4.91 Å². The minimum Gasteiger partial charge on any atom is -0.489 e. The molecule has 1 aliphatic heterocycles. The molecular weight excluding hydrogens is 416 g/mol. The van der Waals surface area contributed by atoms with E-state index in [1.54, 1.807) is 6.08 Å². The minimum absolute atomic E-state index is 0.256. The maximum atomic E-state index is 11.9. The van der Waals surface area contributed by atoms with Crippen LogP contribution in [0.3, 0.4) is 0 Å². The van der Waals surface area contributed by atoms with Gasteiger partial charge in [0.15, 0.2) is 5.17 Å². The summed E-state index contributed by atoms with van der Waals surface area (Å²) >= 11 is 4.55. The number of hydrogen-bond donors (Lipinski definition) is 1. The van der Waals surface area contributed by atoms with Gasteiger partial charge in [0.1, 0.15) is 12.4 Å². The van der Waals surface area contributed by atoms with Gasteiger partial charge in [-0.05, 0) is 53.2 Å². The average Bonchev–Trinajstić information content (AvgIpc) is 2.93. The molecule has 132 valence electrons. The van der Waals surface area contributed by atoms with Crippen molar-refractivity contribution in [3.8, 4) is 5.75 Å². The molecule has 26 heavy (non-hydrogen) atoms. The lowest BCUT2D eigenvalue weighted by molar-refractivity contribution is -0.117. The van der Waals surface area contributed by atoms with Gasteiger partial charge in [-0.25, -0.2) is 0 Å². The van der Waals surface area contributed by atoms with E-state index in [-0.39, 0.29) is 11.8 Å². The molecule has 2 aromatic carbocycles. The maximum absolute atomic E-state index is 11.9. The molecule has 1 aliphatic rings. The highest BCUT2D eigenvalue weighted by atomic mass is 79.9. The molecule has 0 saturated heterocycles. The van der Waals surface area contributed by atoms with E-state index in [4.69, 9.17) is 4.74 Å². The van der Waals surface area contributed by atoms with Crippen molar-refractivity contribution < 1.29 is 14.3 Å². The molecule has 5 nitrogen and oxygen atoms in total. The number of nitrogens with zero attached hydrogens (tertiary/aromatic N) is 1. The van der Waals surface area contributed by atoms with Crippen molar-refractivity contribution in [2.24, 2.45) is 4.99 Å². The van der Waals surface area contributed by atoms with E-state index in [9.17, 15) is 9.59 Å². The van der Waals surface area contributed by atoms with Gasteiger partial charge >= 0.3 is 0 Å². The molecule has 0 aromatic heterocycles. The van der Waals surface area contributed by atoms with Crippen molar-refractivity contribution in [3.63, 3.8) is 0 Å². The third kappa shape index (κ3) is 5.06. The summed E-state index contributed by atoms with van der Waals surface area (Å²) in [5.74, 6) is 0.0919. The predicted octanol–water partition coefficient (Wildman–Crippen LogP) is 4.13. The molecule has 1 heterocycles. The number of carbonyl (C=O) groups excluding carboxylic acids is 2. The Morgan fingerprint density at radius 2 is 2.04 bits per heavy atom. The number of amides is 2. The summed E-state index contributed by atoms with van der Waals surface area (Å²) in [6, 6.07) is 15.4. The zero-order chi connectivity index (χ0) is 18.5. The monoisotopic (exact) mass is 430 g/mol.